The Morgan fingerprint density at radius 3 is 2.58 bits per heavy atom. The van der Waals surface area contributed by atoms with Gasteiger partial charge in [0, 0.05) is 33.6 Å². The standard InChI is InChI=1S/C16H20ClNO/c1-3-5-11(6-4-2)16(19)14-10-18-15-9-12(17)7-8-13(14)15/h7-11,18H,3-6H2,1-2H3. The highest BCUT2D eigenvalue weighted by atomic mass is 35.5. The molecule has 1 aromatic heterocycles. The first-order valence-corrected chi connectivity index (χ1v) is 7.36. The van der Waals surface area contributed by atoms with Crippen LogP contribution in [0.2, 0.25) is 5.02 Å². The Labute approximate surface area is 119 Å². The van der Waals surface area contributed by atoms with E-state index in [1.807, 2.05) is 24.4 Å². The van der Waals surface area contributed by atoms with Crippen molar-refractivity contribution in [3.63, 3.8) is 0 Å². The summed E-state index contributed by atoms with van der Waals surface area (Å²) in [5.74, 6) is 0.405. The van der Waals surface area contributed by atoms with Crippen molar-refractivity contribution < 1.29 is 4.79 Å². The van der Waals surface area contributed by atoms with Crippen molar-refractivity contribution in [3.8, 4) is 0 Å². The number of nitrogens with one attached hydrogen (secondary N) is 1. The van der Waals surface area contributed by atoms with Crippen LogP contribution in [0.4, 0.5) is 0 Å². The summed E-state index contributed by atoms with van der Waals surface area (Å²) < 4.78 is 0. The Hall–Kier alpha value is -1.28. The van der Waals surface area contributed by atoms with E-state index in [0.717, 1.165) is 42.1 Å². The molecular formula is C16H20ClNO. The van der Waals surface area contributed by atoms with Gasteiger partial charge in [-0.1, -0.05) is 44.4 Å². The van der Waals surface area contributed by atoms with E-state index in [9.17, 15) is 4.79 Å². The van der Waals surface area contributed by atoms with Crippen LogP contribution >= 0.6 is 11.6 Å². The predicted molar refractivity (Wildman–Crippen MR) is 80.9 cm³/mol. The number of H-pyrrole nitrogens is 1. The van der Waals surface area contributed by atoms with E-state index in [2.05, 4.69) is 18.8 Å². The van der Waals surface area contributed by atoms with E-state index in [0.29, 0.717) is 5.02 Å². The van der Waals surface area contributed by atoms with Gasteiger partial charge in [-0.05, 0) is 25.0 Å². The van der Waals surface area contributed by atoms with Crippen LogP contribution in [-0.2, 0) is 0 Å². The molecule has 0 bridgehead atoms. The van der Waals surface area contributed by atoms with E-state index in [-0.39, 0.29) is 11.7 Å². The van der Waals surface area contributed by atoms with Gasteiger partial charge in [-0.3, -0.25) is 4.79 Å². The monoisotopic (exact) mass is 277 g/mol. The maximum Gasteiger partial charge on any atom is 0.168 e. The largest absolute Gasteiger partial charge is 0.360 e. The Bertz CT molecular complexity index is 567. The lowest BCUT2D eigenvalue weighted by molar-refractivity contribution is 0.0906. The number of hydrogen-bond donors (Lipinski definition) is 1. The molecule has 0 spiro atoms. The molecule has 2 nitrogen and oxygen atoms in total. The molecule has 1 N–H and O–H groups in total. The summed E-state index contributed by atoms with van der Waals surface area (Å²) in [5.41, 5.74) is 1.74. The number of rotatable bonds is 6. The van der Waals surface area contributed by atoms with Gasteiger partial charge >= 0.3 is 0 Å². The van der Waals surface area contributed by atoms with Gasteiger partial charge in [0.15, 0.2) is 5.78 Å². The number of benzene rings is 1. The van der Waals surface area contributed by atoms with Crippen LogP contribution in [0.5, 0.6) is 0 Å². The Kier molecular flexibility index (Phi) is 4.65. The highest BCUT2D eigenvalue weighted by Crippen LogP contribution is 2.26. The Morgan fingerprint density at radius 1 is 1.26 bits per heavy atom. The SMILES string of the molecule is CCCC(CCC)C(=O)c1c[nH]c2cc(Cl)ccc12. The molecule has 0 atom stereocenters. The minimum Gasteiger partial charge on any atom is -0.360 e. The number of carbonyl (C=O) groups excluding carboxylic acids is 1. The summed E-state index contributed by atoms with van der Waals surface area (Å²) in [7, 11) is 0. The highest BCUT2D eigenvalue weighted by molar-refractivity contribution is 6.31. The molecule has 19 heavy (non-hydrogen) atoms. The Morgan fingerprint density at radius 2 is 1.95 bits per heavy atom. The van der Waals surface area contributed by atoms with Gasteiger partial charge in [-0.2, -0.15) is 0 Å². The first kappa shape index (κ1) is 14.1. The lowest BCUT2D eigenvalue weighted by Crippen LogP contribution is -2.14. The molecule has 0 amide bonds. The van der Waals surface area contributed by atoms with Crippen LogP contribution < -0.4 is 0 Å². The molecule has 3 heteroatoms. The second-order valence-corrected chi connectivity index (χ2v) is 5.47. The molecule has 1 heterocycles. The van der Waals surface area contributed by atoms with Crippen molar-refractivity contribution >= 4 is 28.3 Å². The van der Waals surface area contributed by atoms with Gasteiger partial charge in [0.05, 0.1) is 0 Å². The van der Waals surface area contributed by atoms with Crippen molar-refractivity contribution in [2.45, 2.75) is 39.5 Å². The van der Waals surface area contributed by atoms with Crippen molar-refractivity contribution in [2.75, 3.05) is 0 Å². The number of aromatic nitrogens is 1. The summed E-state index contributed by atoms with van der Waals surface area (Å²) in [6.45, 7) is 4.26. The quantitative estimate of drug-likeness (QED) is 0.721. The van der Waals surface area contributed by atoms with E-state index in [1.165, 1.54) is 0 Å². The van der Waals surface area contributed by atoms with Crippen LogP contribution in [0, 0.1) is 5.92 Å². The lowest BCUT2D eigenvalue weighted by Gasteiger charge is -2.13. The zero-order chi connectivity index (χ0) is 13.8. The molecule has 0 fully saturated rings. The number of halogens is 1. The molecule has 2 aromatic rings. The van der Waals surface area contributed by atoms with Gasteiger partial charge < -0.3 is 4.98 Å². The van der Waals surface area contributed by atoms with E-state index in [1.54, 1.807) is 0 Å². The van der Waals surface area contributed by atoms with Gasteiger partial charge in [0.25, 0.3) is 0 Å². The molecule has 0 aliphatic carbocycles. The van der Waals surface area contributed by atoms with E-state index in [4.69, 9.17) is 11.6 Å². The Balaban J connectivity index is 2.34. The van der Waals surface area contributed by atoms with E-state index < -0.39 is 0 Å². The van der Waals surface area contributed by atoms with Crippen LogP contribution in [0.15, 0.2) is 24.4 Å². The zero-order valence-electron chi connectivity index (χ0n) is 11.5. The molecule has 1 aromatic carbocycles. The highest BCUT2D eigenvalue weighted by Gasteiger charge is 2.21. The zero-order valence-corrected chi connectivity index (χ0v) is 12.3. The first-order chi connectivity index (χ1) is 9.17. The van der Waals surface area contributed by atoms with Crippen molar-refractivity contribution in [1.82, 2.24) is 4.98 Å². The number of ketones is 1. The van der Waals surface area contributed by atoms with Crippen LogP contribution in [0.3, 0.4) is 0 Å². The fraction of sp³-hybridized carbons (Fsp3) is 0.438. The average Bonchev–Trinajstić information content (AvgIpc) is 2.80. The molecule has 0 saturated heterocycles. The molecule has 0 unspecified atom stereocenters. The van der Waals surface area contributed by atoms with Crippen molar-refractivity contribution in [3.05, 3.63) is 35.0 Å². The number of fused-ring (bicyclic) bond motifs is 1. The number of aromatic amines is 1. The molecule has 102 valence electrons. The van der Waals surface area contributed by atoms with Crippen LogP contribution in [0.25, 0.3) is 10.9 Å². The second-order valence-electron chi connectivity index (χ2n) is 5.03. The summed E-state index contributed by atoms with van der Waals surface area (Å²) in [6.07, 6.45) is 5.84. The minimum atomic E-state index is 0.143. The maximum atomic E-state index is 12.6. The minimum absolute atomic E-state index is 0.143. The normalized spacial score (nSPS) is 11.4. The molecule has 0 aliphatic rings. The third kappa shape index (κ3) is 3.01. The average molecular weight is 278 g/mol. The number of carbonyl (C=O) groups is 1. The molecule has 0 aliphatic heterocycles. The predicted octanol–water partition coefficient (Wildman–Crippen LogP) is 5.22. The molecule has 0 radical (unpaired) electrons. The van der Waals surface area contributed by atoms with Gasteiger partial charge in [0.2, 0.25) is 0 Å². The van der Waals surface area contributed by atoms with Crippen molar-refractivity contribution in [1.29, 1.82) is 0 Å². The summed E-state index contributed by atoms with van der Waals surface area (Å²) in [6, 6.07) is 5.63. The third-order valence-electron chi connectivity index (χ3n) is 3.55. The summed E-state index contributed by atoms with van der Waals surface area (Å²) in [5, 5.41) is 1.67. The smallest absolute Gasteiger partial charge is 0.168 e. The molecular weight excluding hydrogens is 258 g/mol. The van der Waals surface area contributed by atoms with Crippen LogP contribution in [-0.4, -0.2) is 10.8 Å². The second kappa shape index (κ2) is 6.25. The lowest BCUT2D eigenvalue weighted by atomic mass is 9.90. The van der Waals surface area contributed by atoms with Crippen LogP contribution in [0.1, 0.15) is 49.9 Å². The third-order valence-corrected chi connectivity index (χ3v) is 3.79. The number of Topliss-reactive ketones (excluding diaryl/α,β-unsaturated/α-hetero) is 1. The summed E-state index contributed by atoms with van der Waals surface area (Å²) in [4.78, 5) is 15.8. The first-order valence-electron chi connectivity index (χ1n) is 6.98. The van der Waals surface area contributed by atoms with Gasteiger partial charge in [-0.15, -0.1) is 0 Å². The van der Waals surface area contributed by atoms with E-state index >= 15 is 0 Å². The topological polar surface area (TPSA) is 32.9 Å². The summed E-state index contributed by atoms with van der Waals surface area (Å²) >= 11 is 5.96. The molecule has 0 saturated carbocycles. The van der Waals surface area contributed by atoms with Gasteiger partial charge in [0.1, 0.15) is 0 Å². The molecule has 2 rings (SSSR count). The maximum absolute atomic E-state index is 12.6. The van der Waals surface area contributed by atoms with Crippen molar-refractivity contribution in [2.24, 2.45) is 5.92 Å². The fourth-order valence-corrected chi connectivity index (χ4v) is 2.80. The van der Waals surface area contributed by atoms with Gasteiger partial charge in [-0.25, -0.2) is 0 Å². The fourth-order valence-electron chi connectivity index (χ4n) is 2.63. The number of hydrogen-bond acceptors (Lipinski definition) is 1.